The van der Waals surface area contributed by atoms with Gasteiger partial charge in [0, 0.05) is 35.3 Å². The molecule has 0 saturated carbocycles. The zero-order valence-electron chi connectivity index (χ0n) is 19.4. The summed E-state index contributed by atoms with van der Waals surface area (Å²) in [5.74, 6) is -0.113. The molecule has 0 radical (unpaired) electrons. The summed E-state index contributed by atoms with van der Waals surface area (Å²) in [7, 11) is 0. The predicted octanol–water partition coefficient (Wildman–Crippen LogP) is 5.97. The number of benzene rings is 2. The second-order valence-electron chi connectivity index (χ2n) is 9.54. The maximum absolute atomic E-state index is 12.8. The largest absolute Gasteiger partial charge is 0.372 e. The first kappa shape index (κ1) is 22.5. The fraction of sp³-hybridized carbons (Fsp3) is 0.385. The molecule has 6 heteroatoms. The Bertz CT molecular complexity index is 1070. The average molecular weight is 450 g/mol. The number of carbonyl (C=O) groups is 1. The van der Waals surface area contributed by atoms with E-state index in [1.54, 1.807) is 11.3 Å². The second kappa shape index (κ2) is 9.04. The van der Waals surface area contributed by atoms with E-state index in [-0.39, 0.29) is 23.5 Å². The van der Waals surface area contributed by atoms with Crippen LogP contribution in [0.25, 0.3) is 11.3 Å². The van der Waals surface area contributed by atoms with E-state index in [0.717, 1.165) is 35.2 Å². The molecule has 2 aromatic carbocycles. The van der Waals surface area contributed by atoms with E-state index in [1.807, 2.05) is 48.5 Å². The van der Waals surface area contributed by atoms with Crippen LogP contribution in [0.5, 0.6) is 0 Å². The number of hydrogen-bond donors (Lipinski definition) is 1. The minimum absolute atomic E-state index is 0.0625. The molecule has 1 saturated heterocycles. The summed E-state index contributed by atoms with van der Waals surface area (Å²) in [5.41, 5.74) is 4.59. The molecular formula is C26H31N3O2S. The van der Waals surface area contributed by atoms with Crippen LogP contribution in [0.3, 0.4) is 0 Å². The molecule has 0 bridgehead atoms. The Morgan fingerprint density at radius 3 is 2.44 bits per heavy atom. The highest BCUT2D eigenvalue weighted by Gasteiger charge is 2.24. The first-order valence-electron chi connectivity index (χ1n) is 11.1. The Hall–Kier alpha value is -2.70. The summed E-state index contributed by atoms with van der Waals surface area (Å²) >= 11 is 1.65. The summed E-state index contributed by atoms with van der Waals surface area (Å²) in [6.07, 6.45) is 0.393. The zero-order chi connectivity index (χ0) is 22.9. The van der Waals surface area contributed by atoms with E-state index in [4.69, 9.17) is 9.72 Å². The lowest BCUT2D eigenvalue weighted by molar-refractivity contribution is -0.00522. The van der Waals surface area contributed by atoms with Gasteiger partial charge in [0.25, 0.3) is 5.91 Å². The number of nitrogens with one attached hydrogen (secondary N) is 1. The monoisotopic (exact) mass is 449 g/mol. The highest BCUT2D eigenvalue weighted by molar-refractivity contribution is 7.14. The van der Waals surface area contributed by atoms with Crippen molar-refractivity contribution in [3.63, 3.8) is 0 Å². The first-order chi connectivity index (χ1) is 15.2. The highest BCUT2D eigenvalue weighted by Crippen LogP contribution is 2.30. The molecule has 2 atom stereocenters. The fourth-order valence-electron chi connectivity index (χ4n) is 3.96. The Morgan fingerprint density at radius 1 is 1.09 bits per heavy atom. The molecule has 2 unspecified atom stereocenters. The third-order valence-corrected chi connectivity index (χ3v) is 6.51. The quantitative estimate of drug-likeness (QED) is 0.533. The molecular weight excluding hydrogens is 418 g/mol. The Labute approximate surface area is 194 Å². The van der Waals surface area contributed by atoms with Gasteiger partial charge in [-0.3, -0.25) is 4.79 Å². The molecule has 1 aliphatic heterocycles. The minimum atomic E-state index is -0.113. The first-order valence-corrected chi connectivity index (χ1v) is 12.0. The Balaban J connectivity index is 1.47. The topological polar surface area (TPSA) is 54.5 Å². The van der Waals surface area contributed by atoms with Crippen molar-refractivity contribution in [3.8, 4) is 11.3 Å². The van der Waals surface area contributed by atoms with E-state index >= 15 is 0 Å². The summed E-state index contributed by atoms with van der Waals surface area (Å²) in [5, 5.41) is 6.10. The molecule has 1 aromatic heterocycles. The number of aromatic nitrogens is 1. The lowest BCUT2D eigenvalue weighted by Crippen LogP contribution is -2.45. The van der Waals surface area contributed by atoms with Crippen LogP contribution in [-0.2, 0) is 10.2 Å². The number of nitrogens with zero attached hydrogens (tertiary/aromatic N) is 2. The SMILES string of the molecule is CC1CN(c2nc(-c3cccc(NC(=O)c4ccc(C(C)(C)C)cc4)c3)cs2)CC(C)O1. The number of ether oxygens (including phenoxy) is 1. The van der Waals surface area contributed by atoms with Crippen LogP contribution in [0, 0.1) is 0 Å². The molecule has 32 heavy (non-hydrogen) atoms. The molecule has 3 aromatic rings. The molecule has 1 fully saturated rings. The molecule has 1 N–H and O–H groups in total. The molecule has 1 aliphatic rings. The third kappa shape index (κ3) is 5.19. The number of morpholine rings is 1. The van der Waals surface area contributed by atoms with Gasteiger partial charge in [-0.2, -0.15) is 0 Å². The molecule has 4 rings (SSSR count). The number of thiazole rings is 1. The van der Waals surface area contributed by atoms with Crippen LogP contribution in [0.2, 0.25) is 0 Å². The zero-order valence-corrected chi connectivity index (χ0v) is 20.2. The van der Waals surface area contributed by atoms with Crippen LogP contribution in [0.15, 0.2) is 53.9 Å². The predicted molar refractivity (Wildman–Crippen MR) is 133 cm³/mol. The van der Waals surface area contributed by atoms with Gasteiger partial charge in [0.05, 0.1) is 17.9 Å². The average Bonchev–Trinajstić information content (AvgIpc) is 3.23. The standard InChI is InChI=1S/C26H31N3O2S/c1-17-14-29(15-18(2)31-17)25-28-23(16-32-25)20-7-6-8-22(13-20)27-24(30)19-9-11-21(12-10-19)26(3,4)5/h6-13,16-18H,14-15H2,1-5H3,(H,27,30). The van der Waals surface area contributed by atoms with Crippen molar-refractivity contribution in [2.45, 2.75) is 52.2 Å². The molecule has 5 nitrogen and oxygen atoms in total. The van der Waals surface area contributed by atoms with Crippen LogP contribution >= 0.6 is 11.3 Å². The van der Waals surface area contributed by atoms with Crippen molar-refractivity contribution in [2.24, 2.45) is 0 Å². The number of carbonyl (C=O) groups excluding carboxylic acids is 1. The summed E-state index contributed by atoms with van der Waals surface area (Å²) < 4.78 is 5.84. The molecule has 2 heterocycles. The van der Waals surface area contributed by atoms with Crippen molar-refractivity contribution in [1.29, 1.82) is 0 Å². The highest BCUT2D eigenvalue weighted by atomic mass is 32.1. The lowest BCUT2D eigenvalue weighted by Gasteiger charge is -2.35. The van der Waals surface area contributed by atoms with Crippen molar-refractivity contribution in [1.82, 2.24) is 4.98 Å². The summed E-state index contributed by atoms with van der Waals surface area (Å²) in [4.78, 5) is 19.9. The summed E-state index contributed by atoms with van der Waals surface area (Å²) in [6.45, 7) is 12.4. The Morgan fingerprint density at radius 2 is 1.78 bits per heavy atom. The molecule has 0 aliphatic carbocycles. The summed E-state index contributed by atoms with van der Waals surface area (Å²) in [6, 6.07) is 15.7. The van der Waals surface area contributed by atoms with Crippen molar-refractivity contribution in [3.05, 3.63) is 65.0 Å². The van der Waals surface area contributed by atoms with Gasteiger partial charge in [0.15, 0.2) is 5.13 Å². The maximum atomic E-state index is 12.8. The Kier molecular flexibility index (Phi) is 6.35. The van der Waals surface area contributed by atoms with Crippen LogP contribution in [0.1, 0.15) is 50.5 Å². The van der Waals surface area contributed by atoms with Crippen molar-refractivity contribution >= 4 is 28.1 Å². The lowest BCUT2D eigenvalue weighted by atomic mass is 9.87. The molecule has 0 spiro atoms. The van der Waals surface area contributed by atoms with Crippen LogP contribution in [0.4, 0.5) is 10.8 Å². The van der Waals surface area contributed by atoms with Gasteiger partial charge in [-0.1, -0.05) is 45.0 Å². The van der Waals surface area contributed by atoms with Gasteiger partial charge in [0.1, 0.15) is 0 Å². The smallest absolute Gasteiger partial charge is 0.255 e. The normalized spacial score (nSPS) is 19.1. The number of amides is 1. The number of anilines is 2. The van der Waals surface area contributed by atoms with E-state index < -0.39 is 0 Å². The second-order valence-corrected chi connectivity index (χ2v) is 10.4. The minimum Gasteiger partial charge on any atom is -0.372 e. The van der Waals surface area contributed by atoms with Crippen molar-refractivity contribution in [2.75, 3.05) is 23.3 Å². The van der Waals surface area contributed by atoms with Gasteiger partial charge < -0.3 is 15.0 Å². The number of rotatable bonds is 4. The maximum Gasteiger partial charge on any atom is 0.255 e. The van der Waals surface area contributed by atoms with E-state index in [2.05, 4.69) is 50.2 Å². The fourth-order valence-corrected chi connectivity index (χ4v) is 4.81. The van der Waals surface area contributed by atoms with E-state index in [9.17, 15) is 4.79 Å². The van der Waals surface area contributed by atoms with Crippen LogP contribution in [-0.4, -0.2) is 36.2 Å². The molecule has 168 valence electrons. The van der Waals surface area contributed by atoms with Gasteiger partial charge >= 0.3 is 0 Å². The van der Waals surface area contributed by atoms with Gasteiger partial charge in [-0.15, -0.1) is 11.3 Å². The van der Waals surface area contributed by atoms with E-state index in [0.29, 0.717) is 5.56 Å². The molecule has 1 amide bonds. The third-order valence-electron chi connectivity index (χ3n) is 5.61. The van der Waals surface area contributed by atoms with Crippen LogP contribution < -0.4 is 10.2 Å². The number of hydrogen-bond acceptors (Lipinski definition) is 5. The van der Waals surface area contributed by atoms with Crippen molar-refractivity contribution < 1.29 is 9.53 Å². The van der Waals surface area contributed by atoms with Gasteiger partial charge in [-0.25, -0.2) is 4.98 Å². The van der Waals surface area contributed by atoms with E-state index in [1.165, 1.54) is 5.56 Å². The van der Waals surface area contributed by atoms with Gasteiger partial charge in [0.2, 0.25) is 0 Å². The van der Waals surface area contributed by atoms with Gasteiger partial charge in [-0.05, 0) is 49.1 Å².